The molecule has 0 aliphatic heterocycles. The molecule has 1 aromatic carbocycles. The number of aliphatic imine (C=N–C) groups is 1. The van der Waals surface area contributed by atoms with Gasteiger partial charge in [-0.3, -0.25) is 4.79 Å². The molecule has 1 rings (SSSR count). The topological polar surface area (TPSA) is 74.8 Å². The summed E-state index contributed by atoms with van der Waals surface area (Å²) in [7, 11) is 0. The van der Waals surface area contributed by atoms with E-state index in [0.29, 0.717) is 37.8 Å². The van der Waals surface area contributed by atoms with Crippen molar-refractivity contribution in [1.82, 2.24) is 16.0 Å². The Bertz CT molecular complexity index is 570. The standard InChI is InChI=1S/C18H29FN4O2.HI/c1-5-20-18(21-10-9-17(24)23-13(2)3)22-12-14(4)25-16-8-6-7-15(19)11-16;/h6-8,11,13-14H,5,9-10,12H2,1-4H3,(H,23,24)(H2,20,21,22);1H. The van der Waals surface area contributed by atoms with Crippen LogP contribution in [0.2, 0.25) is 0 Å². The van der Waals surface area contributed by atoms with Gasteiger partial charge in [-0.05, 0) is 39.8 Å². The zero-order valence-corrected chi connectivity index (χ0v) is 18.2. The second-order valence-corrected chi connectivity index (χ2v) is 6.00. The SMILES string of the molecule is CCNC(=NCC(C)Oc1cccc(F)c1)NCCC(=O)NC(C)C.I. The first-order valence-electron chi connectivity index (χ1n) is 8.64. The number of guanidine groups is 1. The third kappa shape index (κ3) is 11.1. The molecule has 148 valence electrons. The van der Waals surface area contributed by atoms with E-state index in [1.807, 2.05) is 27.7 Å². The summed E-state index contributed by atoms with van der Waals surface area (Å²) in [5.41, 5.74) is 0. The summed E-state index contributed by atoms with van der Waals surface area (Å²) >= 11 is 0. The number of hydrogen-bond donors (Lipinski definition) is 3. The van der Waals surface area contributed by atoms with E-state index >= 15 is 0 Å². The minimum absolute atomic E-state index is 0. The quantitative estimate of drug-likeness (QED) is 0.289. The van der Waals surface area contributed by atoms with E-state index in [9.17, 15) is 9.18 Å². The summed E-state index contributed by atoms with van der Waals surface area (Å²) in [5, 5.41) is 9.07. The van der Waals surface area contributed by atoms with E-state index in [2.05, 4.69) is 20.9 Å². The van der Waals surface area contributed by atoms with Gasteiger partial charge >= 0.3 is 0 Å². The van der Waals surface area contributed by atoms with Crippen molar-refractivity contribution in [2.45, 2.75) is 46.3 Å². The average molecular weight is 480 g/mol. The normalized spacial score (nSPS) is 12.2. The molecule has 0 saturated carbocycles. The molecule has 6 nitrogen and oxygen atoms in total. The molecule has 0 saturated heterocycles. The molecular weight excluding hydrogens is 450 g/mol. The van der Waals surface area contributed by atoms with Crippen molar-refractivity contribution < 1.29 is 13.9 Å². The average Bonchev–Trinajstić information content (AvgIpc) is 2.52. The summed E-state index contributed by atoms with van der Waals surface area (Å²) in [4.78, 5) is 16.1. The lowest BCUT2D eigenvalue weighted by atomic mass is 10.3. The number of amides is 1. The lowest BCUT2D eigenvalue weighted by molar-refractivity contribution is -0.121. The van der Waals surface area contributed by atoms with Crippen LogP contribution in [0.25, 0.3) is 0 Å². The summed E-state index contributed by atoms with van der Waals surface area (Å²) in [6, 6.07) is 6.17. The van der Waals surface area contributed by atoms with Gasteiger partial charge in [0.15, 0.2) is 5.96 Å². The summed E-state index contributed by atoms with van der Waals surface area (Å²) in [6.45, 7) is 9.30. The van der Waals surface area contributed by atoms with E-state index in [1.165, 1.54) is 12.1 Å². The first-order valence-corrected chi connectivity index (χ1v) is 8.64. The van der Waals surface area contributed by atoms with Crippen LogP contribution in [0.3, 0.4) is 0 Å². The van der Waals surface area contributed by atoms with Gasteiger partial charge in [0.1, 0.15) is 17.7 Å². The fraction of sp³-hybridized carbons (Fsp3) is 0.556. The Morgan fingerprint density at radius 3 is 2.62 bits per heavy atom. The first-order chi connectivity index (χ1) is 11.9. The maximum atomic E-state index is 13.2. The van der Waals surface area contributed by atoms with Gasteiger partial charge in [0.2, 0.25) is 5.91 Å². The van der Waals surface area contributed by atoms with E-state index in [0.717, 1.165) is 0 Å². The van der Waals surface area contributed by atoms with E-state index < -0.39 is 0 Å². The van der Waals surface area contributed by atoms with Gasteiger partial charge in [0, 0.05) is 31.6 Å². The van der Waals surface area contributed by atoms with Crippen LogP contribution in [0, 0.1) is 5.82 Å². The van der Waals surface area contributed by atoms with Crippen molar-refractivity contribution in [2.75, 3.05) is 19.6 Å². The number of nitrogens with one attached hydrogen (secondary N) is 3. The van der Waals surface area contributed by atoms with E-state index in [4.69, 9.17) is 4.74 Å². The van der Waals surface area contributed by atoms with Crippen molar-refractivity contribution >= 4 is 35.8 Å². The molecule has 0 heterocycles. The van der Waals surface area contributed by atoms with Crippen molar-refractivity contribution in [1.29, 1.82) is 0 Å². The first kappa shape index (κ1) is 24.4. The number of hydrogen-bond acceptors (Lipinski definition) is 3. The zero-order chi connectivity index (χ0) is 18.7. The number of carbonyl (C=O) groups excluding carboxylic acids is 1. The highest BCUT2D eigenvalue weighted by Gasteiger charge is 2.07. The predicted molar refractivity (Wildman–Crippen MR) is 114 cm³/mol. The van der Waals surface area contributed by atoms with Gasteiger partial charge in [0.25, 0.3) is 0 Å². The Labute approximate surface area is 172 Å². The Kier molecular flexibility index (Phi) is 12.8. The van der Waals surface area contributed by atoms with Crippen LogP contribution >= 0.6 is 24.0 Å². The van der Waals surface area contributed by atoms with Crippen LogP contribution in [-0.4, -0.2) is 43.6 Å². The van der Waals surface area contributed by atoms with Gasteiger partial charge < -0.3 is 20.7 Å². The van der Waals surface area contributed by atoms with Crippen LogP contribution in [-0.2, 0) is 4.79 Å². The van der Waals surface area contributed by atoms with Gasteiger partial charge in [-0.25, -0.2) is 9.38 Å². The maximum absolute atomic E-state index is 13.2. The molecule has 0 fully saturated rings. The van der Waals surface area contributed by atoms with E-state index in [1.54, 1.807) is 12.1 Å². The summed E-state index contributed by atoms with van der Waals surface area (Å²) in [6.07, 6.45) is 0.166. The van der Waals surface area contributed by atoms with Crippen LogP contribution in [0.5, 0.6) is 5.75 Å². The molecule has 0 aliphatic rings. The Morgan fingerprint density at radius 1 is 1.27 bits per heavy atom. The second-order valence-electron chi connectivity index (χ2n) is 6.00. The Morgan fingerprint density at radius 2 is 2.00 bits per heavy atom. The molecule has 3 N–H and O–H groups in total. The van der Waals surface area contributed by atoms with Crippen molar-refractivity contribution in [3.63, 3.8) is 0 Å². The van der Waals surface area contributed by atoms with Gasteiger partial charge in [-0.1, -0.05) is 6.07 Å². The molecule has 26 heavy (non-hydrogen) atoms. The number of ether oxygens (including phenoxy) is 1. The van der Waals surface area contributed by atoms with Crippen LogP contribution < -0.4 is 20.7 Å². The molecule has 1 atom stereocenters. The van der Waals surface area contributed by atoms with Gasteiger partial charge in [0.05, 0.1) is 6.54 Å². The largest absolute Gasteiger partial charge is 0.489 e. The lowest BCUT2D eigenvalue weighted by Crippen LogP contribution is -2.40. The molecule has 0 aliphatic carbocycles. The molecule has 1 amide bonds. The Hall–Kier alpha value is -1.58. The fourth-order valence-corrected chi connectivity index (χ4v) is 2.06. The van der Waals surface area contributed by atoms with Crippen molar-refractivity contribution in [2.24, 2.45) is 4.99 Å². The summed E-state index contributed by atoms with van der Waals surface area (Å²) in [5.74, 6) is 0.768. The summed E-state index contributed by atoms with van der Waals surface area (Å²) < 4.78 is 18.8. The molecule has 0 bridgehead atoms. The predicted octanol–water partition coefficient (Wildman–Crippen LogP) is 2.68. The molecule has 0 aromatic heterocycles. The van der Waals surface area contributed by atoms with Gasteiger partial charge in [-0.15, -0.1) is 24.0 Å². The smallest absolute Gasteiger partial charge is 0.221 e. The van der Waals surface area contributed by atoms with Crippen LogP contribution in [0.1, 0.15) is 34.1 Å². The van der Waals surface area contributed by atoms with Crippen LogP contribution in [0.4, 0.5) is 4.39 Å². The minimum atomic E-state index is -0.331. The highest BCUT2D eigenvalue weighted by molar-refractivity contribution is 14.0. The number of rotatable bonds is 9. The molecule has 1 unspecified atom stereocenters. The third-order valence-electron chi connectivity index (χ3n) is 3.08. The second kappa shape index (κ2) is 13.6. The number of benzene rings is 1. The fourth-order valence-electron chi connectivity index (χ4n) is 2.06. The number of carbonyl (C=O) groups is 1. The van der Waals surface area contributed by atoms with Crippen LogP contribution in [0.15, 0.2) is 29.3 Å². The Balaban J connectivity index is 0.00000625. The molecule has 1 aromatic rings. The highest BCUT2D eigenvalue weighted by atomic mass is 127. The molecule has 0 spiro atoms. The maximum Gasteiger partial charge on any atom is 0.221 e. The van der Waals surface area contributed by atoms with E-state index in [-0.39, 0.29) is 47.8 Å². The minimum Gasteiger partial charge on any atom is -0.489 e. The molecular formula is C18H30FIN4O2. The third-order valence-corrected chi connectivity index (χ3v) is 3.08. The number of nitrogens with zero attached hydrogens (tertiary/aromatic N) is 1. The molecule has 0 radical (unpaired) electrons. The lowest BCUT2D eigenvalue weighted by Gasteiger charge is -2.15. The zero-order valence-electron chi connectivity index (χ0n) is 15.8. The highest BCUT2D eigenvalue weighted by Crippen LogP contribution is 2.13. The molecule has 8 heteroatoms. The monoisotopic (exact) mass is 480 g/mol. The van der Waals surface area contributed by atoms with Crippen molar-refractivity contribution in [3.05, 3.63) is 30.1 Å². The van der Waals surface area contributed by atoms with Crippen molar-refractivity contribution in [3.8, 4) is 5.75 Å². The number of halogens is 2. The van der Waals surface area contributed by atoms with Gasteiger partial charge in [-0.2, -0.15) is 0 Å².